The Morgan fingerprint density at radius 1 is 1.19 bits per heavy atom. The number of H-pyrrole nitrogens is 1. The van der Waals surface area contributed by atoms with E-state index in [4.69, 9.17) is 0 Å². The monoisotopic (exact) mass is 281 g/mol. The quantitative estimate of drug-likeness (QED) is 0.775. The number of nitrogens with zero attached hydrogens (tertiary/aromatic N) is 1. The minimum atomic E-state index is -0.0339. The molecule has 0 saturated heterocycles. The van der Waals surface area contributed by atoms with Gasteiger partial charge in [0, 0.05) is 18.8 Å². The lowest BCUT2D eigenvalue weighted by Crippen LogP contribution is -2.25. The molecule has 1 aromatic carbocycles. The van der Waals surface area contributed by atoms with Crippen LogP contribution in [-0.2, 0) is 6.54 Å². The molecule has 0 radical (unpaired) electrons. The van der Waals surface area contributed by atoms with Crippen molar-refractivity contribution in [2.75, 3.05) is 0 Å². The van der Waals surface area contributed by atoms with Gasteiger partial charge in [-0.15, -0.1) is 0 Å². The van der Waals surface area contributed by atoms with Crippen molar-refractivity contribution in [2.24, 2.45) is 0 Å². The van der Waals surface area contributed by atoms with Crippen molar-refractivity contribution in [3.05, 3.63) is 52.4 Å². The Kier molecular flexibility index (Phi) is 3.04. The van der Waals surface area contributed by atoms with E-state index in [2.05, 4.69) is 28.5 Å². The molecule has 2 heterocycles. The fraction of sp³-hybridized carbons (Fsp3) is 0.353. The summed E-state index contributed by atoms with van der Waals surface area (Å²) in [7, 11) is 0. The Morgan fingerprint density at radius 3 is 2.90 bits per heavy atom. The SMILES string of the molecule is O=c1[nH]c2cc(CNC3CCCC3)ccc2n2cccc12. The molecule has 21 heavy (non-hydrogen) atoms. The third-order valence-electron chi connectivity index (χ3n) is 4.50. The molecule has 108 valence electrons. The van der Waals surface area contributed by atoms with Crippen LogP contribution in [0.1, 0.15) is 31.2 Å². The van der Waals surface area contributed by atoms with Crippen molar-refractivity contribution in [1.29, 1.82) is 0 Å². The van der Waals surface area contributed by atoms with Gasteiger partial charge < -0.3 is 14.7 Å². The Hall–Kier alpha value is -2.07. The summed E-state index contributed by atoms with van der Waals surface area (Å²) in [5, 5.41) is 3.61. The predicted octanol–water partition coefficient (Wildman–Crippen LogP) is 2.81. The maximum atomic E-state index is 12.0. The van der Waals surface area contributed by atoms with E-state index in [1.165, 1.54) is 31.2 Å². The summed E-state index contributed by atoms with van der Waals surface area (Å²) in [6.45, 7) is 0.867. The van der Waals surface area contributed by atoms with E-state index in [9.17, 15) is 4.79 Å². The minimum absolute atomic E-state index is 0.0339. The number of aromatic amines is 1. The molecule has 2 aromatic heterocycles. The van der Waals surface area contributed by atoms with Gasteiger partial charge in [-0.25, -0.2) is 0 Å². The first kappa shape index (κ1) is 12.7. The molecule has 4 rings (SSSR count). The Labute approximate surface area is 122 Å². The van der Waals surface area contributed by atoms with Crippen LogP contribution >= 0.6 is 0 Å². The van der Waals surface area contributed by atoms with Gasteiger partial charge in [-0.2, -0.15) is 0 Å². The summed E-state index contributed by atoms with van der Waals surface area (Å²) in [6, 6.07) is 10.7. The van der Waals surface area contributed by atoms with E-state index in [-0.39, 0.29) is 5.56 Å². The van der Waals surface area contributed by atoms with Gasteiger partial charge >= 0.3 is 0 Å². The van der Waals surface area contributed by atoms with Gasteiger partial charge in [0.1, 0.15) is 5.52 Å². The second-order valence-corrected chi connectivity index (χ2v) is 5.93. The lowest BCUT2D eigenvalue weighted by Gasteiger charge is -2.12. The molecule has 0 aliphatic heterocycles. The smallest absolute Gasteiger partial charge is 0.272 e. The molecule has 1 saturated carbocycles. The van der Waals surface area contributed by atoms with Gasteiger partial charge in [0.2, 0.25) is 0 Å². The molecule has 1 aliphatic rings. The number of rotatable bonds is 3. The molecular weight excluding hydrogens is 262 g/mol. The third-order valence-corrected chi connectivity index (χ3v) is 4.50. The Balaban J connectivity index is 1.68. The van der Waals surface area contributed by atoms with E-state index >= 15 is 0 Å². The molecule has 3 aromatic rings. The zero-order chi connectivity index (χ0) is 14.2. The number of nitrogens with one attached hydrogen (secondary N) is 2. The highest BCUT2D eigenvalue weighted by atomic mass is 16.1. The molecule has 0 amide bonds. The average Bonchev–Trinajstić information content (AvgIpc) is 3.16. The first-order valence-corrected chi connectivity index (χ1v) is 7.67. The molecule has 0 bridgehead atoms. The molecule has 1 fully saturated rings. The third kappa shape index (κ3) is 2.25. The second-order valence-electron chi connectivity index (χ2n) is 5.93. The lowest BCUT2D eigenvalue weighted by atomic mass is 10.1. The van der Waals surface area contributed by atoms with E-state index in [1.807, 2.05) is 22.7 Å². The van der Waals surface area contributed by atoms with E-state index in [0.29, 0.717) is 11.6 Å². The first-order chi connectivity index (χ1) is 10.3. The van der Waals surface area contributed by atoms with Crippen molar-refractivity contribution < 1.29 is 0 Å². The number of benzene rings is 1. The van der Waals surface area contributed by atoms with Crippen LogP contribution in [0.5, 0.6) is 0 Å². The van der Waals surface area contributed by atoms with E-state index < -0.39 is 0 Å². The summed E-state index contributed by atoms with van der Waals surface area (Å²) in [5.74, 6) is 0. The largest absolute Gasteiger partial charge is 0.319 e. The van der Waals surface area contributed by atoms with Crippen molar-refractivity contribution in [1.82, 2.24) is 14.7 Å². The van der Waals surface area contributed by atoms with Crippen molar-refractivity contribution in [3.8, 4) is 0 Å². The maximum absolute atomic E-state index is 12.0. The highest BCUT2D eigenvalue weighted by Gasteiger charge is 2.14. The molecular formula is C17H19N3O. The Bertz CT molecular complexity index is 840. The standard InChI is InChI=1S/C17H19N3O/c21-17-16-6-3-9-20(16)15-8-7-12(10-14(15)19-17)11-18-13-4-1-2-5-13/h3,6-10,13,18H,1-2,4-5,11H2,(H,19,21). The summed E-state index contributed by atoms with van der Waals surface area (Å²) in [4.78, 5) is 15.0. The fourth-order valence-electron chi connectivity index (χ4n) is 3.36. The van der Waals surface area contributed by atoms with Crippen molar-refractivity contribution in [3.63, 3.8) is 0 Å². The number of aromatic nitrogens is 2. The predicted molar refractivity (Wildman–Crippen MR) is 84.6 cm³/mol. The normalized spacial score (nSPS) is 16.2. The van der Waals surface area contributed by atoms with Crippen LogP contribution in [0.25, 0.3) is 16.6 Å². The van der Waals surface area contributed by atoms with Crippen LogP contribution in [0, 0.1) is 0 Å². The zero-order valence-electron chi connectivity index (χ0n) is 11.9. The van der Waals surface area contributed by atoms with Crippen LogP contribution in [0.15, 0.2) is 41.3 Å². The van der Waals surface area contributed by atoms with Gasteiger partial charge in [-0.05, 0) is 42.7 Å². The summed E-state index contributed by atoms with van der Waals surface area (Å²) >= 11 is 0. The van der Waals surface area contributed by atoms with Gasteiger partial charge in [-0.1, -0.05) is 18.9 Å². The summed E-state index contributed by atoms with van der Waals surface area (Å²) in [6.07, 6.45) is 7.19. The van der Waals surface area contributed by atoms with E-state index in [0.717, 1.165) is 17.6 Å². The van der Waals surface area contributed by atoms with Crippen LogP contribution in [-0.4, -0.2) is 15.4 Å². The minimum Gasteiger partial charge on any atom is -0.319 e. The highest BCUT2D eigenvalue weighted by Crippen LogP contribution is 2.19. The summed E-state index contributed by atoms with van der Waals surface area (Å²) < 4.78 is 1.95. The average molecular weight is 281 g/mol. The van der Waals surface area contributed by atoms with Gasteiger partial charge in [-0.3, -0.25) is 4.79 Å². The number of hydrogen-bond donors (Lipinski definition) is 2. The van der Waals surface area contributed by atoms with Crippen LogP contribution in [0.4, 0.5) is 0 Å². The van der Waals surface area contributed by atoms with Crippen molar-refractivity contribution >= 4 is 16.6 Å². The molecule has 0 atom stereocenters. The van der Waals surface area contributed by atoms with Crippen LogP contribution in [0.3, 0.4) is 0 Å². The molecule has 1 aliphatic carbocycles. The van der Waals surface area contributed by atoms with E-state index in [1.54, 1.807) is 0 Å². The molecule has 0 spiro atoms. The Morgan fingerprint density at radius 2 is 2.05 bits per heavy atom. The highest BCUT2D eigenvalue weighted by molar-refractivity contribution is 5.78. The van der Waals surface area contributed by atoms with Crippen LogP contribution < -0.4 is 10.9 Å². The van der Waals surface area contributed by atoms with Gasteiger partial charge in [0.05, 0.1) is 11.0 Å². The van der Waals surface area contributed by atoms with Gasteiger partial charge in [0.25, 0.3) is 5.56 Å². The van der Waals surface area contributed by atoms with Crippen molar-refractivity contribution in [2.45, 2.75) is 38.3 Å². The fourth-order valence-corrected chi connectivity index (χ4v) is 3.36. The lowest BCUT2D eigenvalue weighted by molar-refractivity contribution is 0.524. The number of hydrogen-bond acceptors (Lipinski definition) is 2. The zero-order valence-corrected chi connectivity index (χ0v) is 11.9. The summed E-state index contributed by atoms with van der Waals surface area (Å²) in [5.41, 5.74) is 3.82. The second kappa shape index (κ2) is 5.04. The molecule has 4 heteroatoms. The first-order valence-electron chi connectivity index (χ1n) is 7.67. The molecule has 0 unspecified atom stereocenters. The topological polar surface area (TPSA) is 49.3 Å². The van der Waals surface area contributed by atoms with Crippen LogP contribution in [0.2, 0.25) is 0 Å². The molecule has 4 nitrogen and oxygen atoms in total. The number of fused-ring (bicyclic) bond motifs is 3. The maximum Gasteiger partial charge on any atom is 0.272 e. The molecule has 2 N–H and O–H groups in total. The van der Waals surface area contributed by atoms with Gasteiger partial charge in [0.15, 0.2) is 0 Å².